The Morgan fingerprint density at radius 2 is 1.69 bits per heavy atom. The van der Waals surface area contributed by atoms with Crippen LogP contribution in [0.15, 0.2) is 36.4 Å². The lowest BCUT2D eigenvalue weighted by Gasteiger charge is -2.31. The smallest absolute Gasteiger partial charge is 0.309 e. The van der Waals surface area contributed by atoms with Crippen LogP contribution in [0.5, 0.6) is 0 Å². The Balaban J connectivity index is 1.42. The van der Waals surface area contributed by atoms with Gasteiger partial charge in [-0.05, 0) is 80.9 Å². The van der Waals surface area contributed by atoms with Gasteiger partial charge in [-0.2, -0.15) is 5.26 Å². The fraction of sp³-hybridized carbons (Fsp3) is 0.545. The molecule has 0 atom stereocenters. The molecule has 0 N–H and O–H groups in total. The summed E-state index contributed by atoms with van der Waals surface area (Å²) in [6.45, 7) is 0. The van der Waals surface area contributed by atoms with Crippen LogP contribution in [0, 0.1) is 29.0 Å². The molecule has 2 aliphatic carbocycles. The molecule has 0 bridgehead atoms. The summed E-state index contributed by atoms with van der Waals surface area (Å²) >= 11 is 0. The molecule has 138 valence electrons. The zero-order valence-electron chi connectivity index (χ0n) is 15.1. The monoisotopic (exact) mass is 355 g/mol. The topological polar surface area (TPSA) is 50.1 Å². The predicted octanol–water partition coefficient (Wildman–Crippen LogP) is 5.28. The van der Waals surface area contributed by atoms with Crippen molar-refractivity contribution in [3.8, 4) is 6.07 Å². The van der Waals surface area contributed by atoms with Gasteiger partial charge in [0.05, 0.1) is 12.0 Å². The summed E-state index contributed by atoms with van der Waals surface area (Å²) in [4.78, 5) is 12.4. The number of carbonyl (C=O) groups excluding carboxylic acids is 1. The van der Waals surface area contributed by atoms with Crippen LogP contribution in [-0.2, 0) is 9.53 Å². The van der Waals surface area contributed by atoms with Crippen LogP contribution in [0.1, 0.15) is 62.8 Å². The van der Waals surface area contributed by atoms with Crippen molar-refractivity contribution in [1.82, 2.24) is 0 Å². The summed E-state index contributed by atoms with van der Waals surface area (Å²) in [5.74, 6) is 0.626. The summed E-state index contributed by atoms with van der Waals surface area (Å²) in [6, 6.07) is 8.80. The van der Waals surface area contributed by atoms with Crippen LogP contribution in [0.4, 0.5) is 4.39 Å². The maximum atomic E-state index is 13.0. The lowest BCUT2D eigenvalue weighted by Crippen LogP contribution is -2.29. The largest absolute Gasteiger partial charge is 0.462 e. The third-order valence-electron chi connectivity index (χ3n) is 5.85. The van der Waals surface area contributed by atoms with Crippen LogP contribution in [0.25, 0.3) is 0 Å². The number of hydrogen-bond donors (Lipinski definition) is 0. The van der Waals surface area contributed by atoms with E-state index in [0.29, 0.717) is 11.8 Å². The Morgan fingerprint density at radius 1 is 1.04 bits per heavy atom. The Bertz CT molecular complexity index is 660. The molecule has 26 heavy (non-hydrogen) atoms. The lowest BCUT2D eigenvalue weighted by molar-refractivity contribution is -0.157. The van der Waals surface area contributed by atoms with Gasteiger partial charge >= 0.3 is 5.97 Å². The van der Waals surface area contributed by atoms with Crippen molar-refractivity contribution in [2.45, 2.75) is 63.4 Å². The number of halogens is 1. The fourth-order valence-electron chi connectivity index (χ4n) is 4.24. The van der Waals surface area contributed by atoms with Crippen LogP contribution in [0.3, 0.4) is 0 Å². The summed E-state index contributed by atoms with van der Waals surface area (Å²) < 4.78 is 18.8. The van der Waals surface area contributed by atoms with E-state index in [9.17, 15) is 9.18 Å². The first-order valence-corrected chi connectivity index (χ1v) is 9.68. The number of esters is 1. The molecule has 2 fully saturated rings. The number of hydrogen-bond acceptors (Lipinski definition) is 3. The predicted molar refractivity (Wildman–Crippen MR) is 97.7 cm³/mol. The van der Waals surface area contributed by atoms with Gasteiger partial charge in [-0.1, -0.05) is 18.2 Å². The molecule has 0 amide bonds. The second-order valence-electron chi connectivity index (χ2n) is 7.56. The van der Waals surface area contributed by atoms with Crippen molar-refractivity contribution < 1.29 is 13.9 Å². The van der Waals surface area contributed by atoms with E-state index in [0.717, 1.165) is 51.4 Å². The highest BCUT2D eigenvalue weighted by molar-refractivity contribution is 5.72. The maximum Gasteiger partial charge on any atom is 0.309 e. The first kappa shape index (κ1) is 18.6. The summed E-state index contributed by atoms with van der Waals surface area (Å²) in [5, 5.41) is 8.60. The van der Waals surface area contributed by atoms with Gasteiger partial charge in [-0.25, -0.2) is 4.39 Å². The molecule has 0 saturated heterocycles. The zero-order chi connectivity index (χ0) is 18.4. The third kappa shape index (κ3) is 4.94. The molecule has 0 aromatic heterocycles. The van der Waals surface area contributed by atoms with Gasteiger partial charge < -0.3 is 4.74 Å². The van der Waals surface area contributed by atoms with Crippen molar-refractivity contribution >= 4 is 5.97 Å². The molecule has 0 unspecified atom stereocenters. The fourth-order valence-corrected chi connectivity index (χ4v) is 4.24. The van der Waals surface area contributed by atoms with Crippen molar-refractivity contribution in [2.75, 3.05) is 0 Å². The SMILES string of the molecule is N#CC=C[C@H]1CC[C@H](C(=O)O[C@H]2CC[C@H](c3ccc(F)cc3)CC2)CC1. The Labute approximate surface area is 154 Å². The number of benzene rings is 1. The molecule has 4 heteroatoms. The van der Waals surface area contributed by atoms with Crippen LogP contribution in [-0.4, -0.2) is 12.1 Å². The summed E-state index contributed by atoms with van der Waals surface area (Å²) in [5.41, 5.74) is 1.18. The minimum absolute atomic E-state index is 0.0107. The minimum Gasteiger partial charge on any atom is -0.462 e. The number of nitrogens with zero attached hydrogens (tertiary/aromatic N) is 1. The van der Waals surface area contributed by atoms with E-state index in [1.165, 1.54) is 17.7 Å². The molecule has 0 radical (unpaired) electrons. The quantitative estimate of drug-likeness (QED) is 0.545. The second kappa shape index (κ2) is 8.98. The van der Waals surface area contributed by atoms with Gasteiger partial charge in [0, 0.05) is 6.08 Å². The Kier molecular flexibility index (Phi) is 6.44. The highest BCUT2D eigenvalue weighted by Gasteiger charge is 2.30. The first-order valence-electron chi connectivity index (χ1n) is 9.68. The molecule has 3 rings (SSSR count). The van der Waals surface area contributed by atoms with Crippen LogP contribution < -0.4 is 0 Å². The molecule has 1 aromatic carbocycles. The van der Waals surface area contributed by atoms with Crippen molar-refractivity contribution in [1.29, 1.82) is 5.26 Å². The number of carbonyl (C=O) groups is 1. The molecule has 2 saturated carbocycles. The van der Waals surface area contributed by atoms with Crippen molar-refractivity contribution in [3.05, 3.63) is 47.8 Å². The van der Waals surface area contributed by atoms with Gasteiger partial charge in [-0.15, -0.1) is 0 Å². The normalized spacial score (nSPS) is 29.2. The van der Waals surface area contributed by atoms with Crippen LogP contribution in [0.2, 0.25) is 0 Å². The Hall–Kier alpha value is -2.15. The van der Waals surface area contributed by atoms with E-state index >= 15 is 0 Å². The van der Waals surface area contributed by atoms with E-state index in [-0.39, 0.29) is 23.8 Å². The van der Waals surface area contributed by atoms with E-state index in [1.54, 1.807) is 6.08 Å². The lowest BCUT2D eigenvalue weighted by atomic mass is 9.81. The van der Waals surface area contributed by atoms with Crippen molar-refractivity contribution in [2.24, 2.45) is 11.8 Å². The number of allylic oxidation sites excluding steroid dienone is 2. The van der Waals surface area contributed by atoms with Gasteiger partial charge in [0.2, 0.25) is 0 Å². The molecular weight excluding hydrogens is 329 g/mol. The maximum absolute atomic E-state index is 13.0. The molecule has 0 aliphatic heterocycles. The summed E-state index contributed by atoms with van der Waals surface area (Å²) in [6.07, 6.45) is 10.9. The molecule has 3 nitrogen and oxygen atoms in total. The Morgan fingerprint density at radius 3 is 2.31 bits per heavy atom. The van der Waals surface area contributed by atoms with Gasteiger partial charge in [-0.3, -0.25) is 4.79 Å². The molecule has 0 heterocycles. The second-order valence-corrected chi connectivity index (χ2v) is 7.56. The van der Waals surface area contributed by atoms with E-state index in [2.05, 4.69) is 0 Å². The van der Waals surface area contributed by atoms with E-state index in [4.69, 9.17) is 10.00 Å². The molecular formula is C22H26FNO2. The first-order chi connectivity index (χ1) is 12.7. The standard InChI is InChI=1S/C22H26FNO2/c23-20-11-7-17(8-12-20)18-9-13-21(14-10-18)26-22(25)19-5-3-16(4-6-19)2-1-15-24/h1-2,7-8,11-12,16,18-19,21H,3-6,9-10,13-14H2/t16-,18-,19-,21-. The number of nitriles is 1. The molecule has 2 aliphatic rings. The molecule has 1 aromatic rings. The zero-order valence-corrected chi connectivity index (χ0v) is 15.1. The average molecular weight is 355 g/mol. The van der Waals surface area contributed by atoms with E-state index < -0.39 is 0 Å². The highest BCUT2D eigenvalue weighted by atomic mass is 19.1. The number of rotatable bonds is 4. The molecule has 0 spiro atoms. The highest BCUT2D eigenvalue weighted by Crippen LogP contribution is 2.36. The van der Waals surface area contributed by atoms with Gasteiger partial charge in [0.25, 0.3) is 0 Å². The summed E-state index contributed by atoms with van der Waals surface area (Å²) in [7, 11) is 0. The van der Waals surface area contributed by atoms with Gasteiger partial charge in [0.1, 0.15) is 11.9 Å². The van der Waals surface area contributed by atoms with Crippen molar-refractivity contribution in [3.63, 3.8) is 0 Å². The van der Waals surface area contributed by atoms with Crippen LogP contribution >= 0.6 is 0 Å². The third-order valence-corrected chi connectivity index (χ3v) is 5.85. The number of ether oxygens (including phenoxy) is 1. The minimum atomic E-state index is -0.200. The average Bonchev–Trinajstić information content (AvgIpc) is 2.68. The van der Waals surface area contributed by atoms with E-state index in [1.807, 2.05) is 24.3 Å². The van der Waals surface area contributed by atoms with Gasteiger partial charge in [0.15, 0.2) is 0 Å².